The molecule has 0 bridgehead atoms. The van der Waals surface area contributed by atoms with E-state index in [1.54, 1.807) is 12.4 Å². The highest BCUT2D eigenvalue weighted by atomic mass is 32.2. The molecule has 3 nitrogen and oxygen atoms in total. The van der Waals surface area contributed by atoms with Crippen LogP contribution in [0.5, 0.6) is 0 Å². The lowest BCUT2D eigenvalue weighted by molar-refractivity contribution is 0.519. The molecule has 1 saturated heterocycles. The molecule has 2 rings (SSSR count). The van der Waals surface area contributed by atoms with Gasteiger partial charge in [-0.15, -0.1) is 0 Å². The monoisotopic (exact) mass is 224 g/mol. The maximum absolute atomic E-state index is 12.0. The number of hydrogen-bond acceptors (Lipinski definition) is 3. The van der Waals surface area contributed by atoms with Gasteiger partial charge in [0.05, 0.1) is 0 Å². The molecule has 1 N–H and O–H groups in total. The summed E-state index contributed by atoms with van der Waals surface area (Å²) >= 11 is 0. The van der Waals surface area contributed by atoms with Crippen molar-refractivity contribution in [1.29, 1.82) is 0 Å². The Balaban J connectivity index is 1.91. The molecule has 4 heteroatoms. The summed E-state index contributed by atoms with van der Waals surface area (Å²) in [7, 11) is -0.748. The van der Waals surface area contributed by atoms with Gasteiger partial charge in [0.1, 0.15) is 0 Å². The summed E-state index contributed by atoms with van der Waals surface area (Å²) in [5.74, 6) is 0.662. The van der Waals surface area contributed by atoms with E-state index >= 15 is 0 Å². The van der Waals surface area contributed by atoms with Crippen molar-refractivity contribution in [3.05, 3.63) is 30.1 Å². The molecule has 1 aromatic rings. The minimum absolute atomic E-state index is 0.326. The van der Waals surface area contributed by atoms with Gasteiger partial charge in [0.15, 0.2) is 0 Å². The Kier molecular flexibility index (Phi) is 3.86. The Morgan fingerprint density at radius 2 is 2.27 bits per heavy atom. The molecule has 1 fully saturated rings. The fraction of sp³-hybridized carbons (Fsp3) is 0.545. The van der Waals surface area contributed by atoms with E-state index in [-0.39, 0.29) is 0 Å². The van der Waals surface area contributed by atoms with Crippen LogP contribution in [0.1, 0.15) is 18.4 Å². The molecule has 0 saturated carbocycles. The van der Waals surface area contributed by atoms with E-state index in [4.69, 9.17) is 0 Å². The van der Waals surface area contributed by atoms with E-state index in [1.165, 1.54) is 0 Å². The number of pyridine rings is 1. The lowest BCUT2D eigenvalue weighted by atomic mass is 10.2. The molecule has 2 heterocycles. The summed E-state index contributed by atoms with van der Waals surface area (Å²) in [4.78, 5) is 3.95. The lowest BCUT2D eigenvalue weighted by Crippen LogP contribution is -2.36. The van der Waals surface area contributed by atoms with E-state index in [0.717, 1.165) is 31.5 Å². The second-order valence-electron chi connectivity index (χ2n) is 3.85. The smallest absolute Gasteiger partial charge is 0.0490 e. The maximum Gasteiger partial charge on any atom is 0.0490 e. The second-order valence-corrected chi connectivity index (χ2v) is 5.57. The third-order valence-electron chi connectivity index (χ3n) is 2.68. The summed E-state index contributed by atoms with van der Waals surface area (Å²) in [6.45, 7) is 1.97. The maximum atomic E-state index is 12.0. The lowest BCUT2D eigenvalue weighted by Gasteiger charge is -2.21. The van der Waals surface area contributed by atoms with Crippen LogP contribution in [0, 0.1) is 0 Å². The molecule has 0 unspecified atom stereocenters. The Morgan fingerprint density at radius 1 is 1.47 bits per heavy atom. The van der Waals surface area contributed by atoms with E-state index in [1.807, 2.05) is 12.1 Å². The number of hydrogen-bond donors (Lipinski definition) is 1. The fourth-order valence-corrected chi connectivity index (χ4v) is 3.30. The van der Waals surface area contributed by atoms with Crippen molar-refractivity contribution < 1.29 is 4.21 Å². The highest BCUT2D eigenvalue weighted by Crippen LogP contribution is 2.12. The van der Waals surface area contributed by atoms with Gasteiger partial charge >= 0.3 is 0 Å². The predicted octanol–water partition coefficient (Wildman–Crippen LogP) is 1.08. The highest BCUT2D eigenvalue weighted by Gasteiger charge is 2.19. The number of aromatic nitrogens is 1. The van der Waals surface area contributed by atoms with Gasteiger partial charge in [-0.05, 0) is 37.1 Å². The van der Waals surface area contributed by atoms with Crippen molar-refractivity contribution >= 4 is 10.8 Å². The number of nitrogens with zero attached hydrogens (tertiary/aromatic N) is 1. The van der Waals surface area contributed by atoms with Crippen LogP contribution in [0.3, 0.4) is 0 Å². The Hall–Kier alpha value is -0.740. The molecule has 0 amide bonds. The van der Waals surface area contributed by atoms with Gasteiger partial charge in [0.25, 0.3) is 0 Å². The zero-order valence-electron chi connectivity index (χ0n) is 8.69. The summed E-state index contributed by atoms with van der Waals surface area (Å²) < 4.78 is 12.0. The third kappa shape index (κ3) is 3.11. The van der Waals surface area contributed by atoms with Gasteiger partial charge in [-0.1, -0.05) is 0 Å². The number of piperidine rings is 1. The molecule has 1 aliphatic rings. The molecule has 0 radical (unpaired) electrons. The van der Waals surface area contributed by atoms with Gasteiger partial charge in [0.2, 0.25) is 0 Å². The van der Waals surface area contributed by atoms with Crippen LogP contribution in [-0.4, -0.2) is 27.5 Å². The molecule has 1 aromatic heterocycles. The average molecular weight is 224 g/mol. The molecule has 0 aliphatic carbocycles. The topological polar surface area (TPSA) is 42.0 Å². The minimum atomic E-state index is -0.748. The Labute approximate surface area is 92.8 Å². The van der Waals surface area contributed by atoms with E-state index < -0.39 is 10.8 Å². The molecule has 82 valence electrons. The largest absolute Gasteiger partial charge is 0.316 e. The third-order valence-corrected chi connectivity index (χ3v) is 4.45. The first-order chi connectivity index (χ1) is 7.36. The first-order valence-electron chi connectivity index (χ1n) is 5.33. The fourth-order valence-electron chi connectivity index (χ4n) is 1.81. The molecule has 0 spiro atoms. The van der Waals surface area contributed by atoms with E-state index in [0.29, 0.717) is 11.0 Å². The number of nitrogens with one attached hydrogen (secondary N) is 1. The molecule has 2 atom stereocenters. The van der Waals surface area contributed by atoms with Gasteiger partial charge in [-0.2, -0.15) is 0 Å². The van der Waals surface area contributed by atoms with Crippen LogP contribution in [0.25, 0.3) is 0 Å². The van der Waals surface area contributed by atoms with Crippen LogP contribution in [0.15, 0.2) is 24.5 Å². The van der Waals surface area contributed by atoms with Gasteiger partial charge in [0, 0.05) is 40.7 Å². The Bertz CT molecular complexity index is 323. The van der Waals surface area contributed by atoms with Crippen LogP contribution in [0.4, 0.5) is 0 Å². The van der Waals surface area contributed by atoms with Crippen LogP contribution >= 0.6 is 0 Å². The standard InChI is InChI=1S/C11H16N2OS/c14-15(11-2-1-5-13-8-11)9-10-3-6-12-7-4-10/h3-4,6-7,11,13H,1-2,5,8-9H2/t11-,15+/m0/s1. The molecular weight excluding hydrogens is 208 g/mol. The molecule has 1 aliphatic heterocycles. The van der Waals surface area contributed by atoms with Gasteiger partial charge in [-0.3, -0.25) is 9.19 Å². The molecular formula is C11H16N2OS. The van der Waals surface area contributed by atoms with E-state index in [2.05, 4.69) is 10.3 Å². The quantitative estimate of drug-likeness (QED) is 0.835. The van der Waals surface area contributed by atoms with Gasteiger partial charge in [-0.25, -0.2) is 0 Å². The molecule has 15 heavy (non-hydrogen) atoms. The van der Waals surface area contributed by atoms with Crippen molar-refractivity contribution in [2.24, 2.45) is 0 Å². The number of rotatable bonds is 3. The van der Waals surface area contributed by atoms with Crippen LogP contribution < -0.4 is 5.32 Å². The second kappa shape index (κ2) is 5.37. The zero-order valence-corrected chi connectivity index (χ0v) is 9.50. The van der Waals surface area contributed by atoms with Crippen molar-refractivity contribution in [3.63, 3.8) is 0 Å². The van der Waals surface area contributed by atoms with Gasteiger partial charge < -0.3 is 5.32 Å². The normalized spacial score (nSPS) is 23.6. The minimum Gasteiger partial charge on any atom is -0.316 e. The predicted molar refractivity (Wildman–Crippen MR) is 62.0 cm³/mol. The first kappa shape index (κ1) is 10.8. The van der Waals surface area contributed by atoms with Crippen molar-refractivity contribution in [1.82, 2.24) is 10.3 Å². The molecule has 0 aromatic carbocycles. The van der Waals surface area contributed by atoms with Crippen molar-refractivity contribution in [3.8, 4) is 0 Å². The summed E-state index contributed by atoms with van der Waals surface area (Å²) in [5, 5.41) is 3.62. The summed E-state index contributed by atoms with van der Waals surface area (Å²) in [6.07, 6.45) is 5.74. The summed E-state index contributed by atoms with van der Waals surface area (Å²) in [6, 6.07) is 3.88. The SMILES string of the molecule is O=[S@](Cc1ccncc1)[C@H]1CCCNC1. The van der Waals surface area contributed by atoms with E-state index in [9.17, 15) is 4.21 Å². The first-order valence-corrected chi connectivity index (χ1v) is 6.71. The van der Waals surface area contributed by atoms with Crippen LogP contribution in [-0.2, 0) is 16.6 Å². The Morgan fingerprint density at radius 3 is 2.93 bits per heavy atom. The van der Waals surface area contributed by atoms with Crippen molar-refractivity contribution in [2.45, 2.75) is 23.8 Å². The zero-order chi connectivity index (χ0) is 10.5. The summed E-state index contributed by atoms with van der Waals surface area (Å²) in [5.41, 5.74) is 1.12. The van der Waals surface area contributed by atoms with Crippen molar-refractivity contribution in [2.75, 3.05) is 13.1 Å². The average Bonchev–Trinajstić information content (AvgIpc) is 2.31. The van der Waals surface area contributed by atoms with Crippen LogP contribution in [0.2, 0.25) is 0 Å². The highest BCUT2D eigenvalue weighted by molar-refractivity contribution is 7.84.